The van der Waals surface area contributed by atoms with E-state index in [2.05, 4.69) is 10.1 Å². The predicted molar refractivity (Wildman–Crippen MR) is 71.2 cm³/mol. The van der Waals surface area contributed by atoms with Crippen LogP contribution >= 0.6 is 22.9 Å². The Bertz CT molecular complexity index is 580. The molecule has 1 heterocycles. The molecule has 0 aliphatic heterocycles. The largest absolute Gasteiger partial charge is 0.375 e. The van der Waals surface area contributed by atoms with Crippen LogP contribution in [0, 0.1) is 0 Å². The van der Waals surface area contributed by atoms with Gasteiger partial charge in [-0.3, -0.25) is 4.79 Å². The van der Waals surface area contributed by atoms with Gasteiger partial charge in [-0.1, -0.05) is 16.8 Å². The van der Waals surface area contributed by atoms with Crippen molar-refractivity contribution in [2.75, 3.05) is 5.73 Å². The fraction of sp³-hybridized carbons (Fsp3) is 0. The Morgan fingerprint density at radius 1 is 1.44 bits per heavy atom. The molecule has 0 unspecified atom stereocenters. The maximum atomic E-state index is 10.9. The second kappa shape index (κ2) is 5.61. The van der Waals surface area contributed by atoms with Crippen molar-refractivity contribution in [2.24, 2.45) is 5.16 Å². The zero-order valence-electron chi connectivity index (χ0n) is 9.04. The Labute approximate surface area is 112 Å². The summed E-state index contributed by atoms with van der Waals surface area (Å²) in [7, 11) is 0. The SMILES string of the molecule is Nc1nc(/C(C=O)=N\Oc2ccc(Cl)cc2)cs1. The Balaban J connectivity index is 2.15. The fourth-order valence-electron chi connectivity index (χ4n) is 1.13. The Morgan fingerprint density at radius 3 is 2.72 bits per heavy atom. The second-order valence-electron chi connectivity index (χ2n) is 3.21. The minimum absolute atomic E-state index is 0.0814. The van der Waals surface area contributed by atoms with Gasteiger partial charge in [-0.25, -0.2) is 4.98 Å². The highest BCUT2D eigenvalue weighted by molar-refractivity contribution is 7.13. The molecule has 0 amide bonds. The van der Waals surface area contributed by atoms with Crippen molar-refractivity contribution in [3.63, 3.8) is 0 Å². The lowest BCUT2D eigenvalue weighted by molar-refractivity contribution is -0.102. The van der Waals surface area contributed by atoms with Crippen molar-refractivity contribution < 1.29 is 9.63 Å². The van der Waals surface area contributed by atoms with Gasteiger partial charge in [0.2, 0.25) is 0 Å². The molecule has 0 bridgehead atoms. The van der Waals surface area contributed by atoms with Gasteiger partial charge < -0.3 is 10.6 Å². The Morgan fingerprint density at radius 2 is 2.17 bits per heavy atom. The third-order valence-electron chi connectivity index (χ3n) is 1.96. The number of nitrogen functional groups attached to an aromatic ring is 1. The first kappa shape index (κ1) is 12.5. The second-order valence-corrected chi connectivity index (χ2v) is 4.54. The lowest BCUT2D eigenvalue weighted by Gasteiger charge is -1.99. The summed E-state index contributed by atoms with van der Waals surface area (Å²) >= 11 is 6.96. The van der Waals surface area contributed by atoms with E-state index in [1.54, 1.807) is 29.6 Å². The van der Waals surface area contributed by atoms with E-state index in [9.17, 15) is 4.79 Å². The number of halogens is 1. The number of hydrogen-bond acceptors (Lipinski definition) is 6. The van der Waals surface area contributed by atoms with Crippen molar-refractivity contribution >= 4 is 40.1 Å². The molecule has 0 aliphatic carbocycles. The molecule has 7 heteroatoms. The molecule has 92 valence electrons. The molecule has 1 aromatic carbocycles. The minimum Gasteiger partial charge on any atom is -0.375 e. The molecular formula is C11H8ClN3O2S. The minimum atomic E-state index is 0.0814. The summed E-state index contributed by atoms with van der Waals surface area (Å²) in [6.45, 7) is 0. The zero-order chi connectivity index (χ0) is 13.0. The number of carbonyl (C=O) groups is 1. The molecule has 2 N–H and O–H groups in total. The summed E-state index contributed by atoms with van der Waals surface area (Å²) in [5, 5.41) is 6.31. The van der Waals surface area contributed by atoms with Crippen molar-refractivity contribution in [1.29, 1.82) is 0 Å². The number of rotatable bonds is 4. The van der Waals surface area contributed by atoms with Gasteiger partial charge in [-0.2, -0.15) is 0 Å². The van der Waals surface area contributed by atoms with Crippen LogP contribution in [0.4, 0.5) is 5.13 Å². The number of nitrogens with zero attached hydrogens (tertiary/aromatic N) is 2. The van der Waals surface area contributed by atoms with Gasteiger partial charge in [-0.15, -0.1) is 11.3 Å². The lowest BCUT2D eigenvalue weighted by Crippen LogP contribution is -2.05. The smallest absolute Gasteiger partial charge is 0.180 e. The van der Waals surface area contributed by atoms with Crippen LogP contribution in [0.5, 0.6) is 5.75 Å². The van der Waals surface area contributed by atoms with E-state index in [1.807, 2.05) is 0 Å². The number of thiazole rings is 1. The number of aldehydes is 1. The average molecular weight is 282 g/mol. The van der Waals surface area contributed by atoms with Gasteiger partial charge in [-0.05, 0) is 24.3 Å². The van der Waals surface area contributed by atoms with Crippen molar-refractivity contribution in [3.8, 4) is 5.75 Å². The standard InChI is InChI=1S/C11H8ClN3O2S/c12-7-1-3-8(4-2-7)17-15-9(5-16)10-6-18-11(13)14-10/h1-6H,(H2,13,14)/b15-9-. The summed E-state index contributed by atoms with van der Waals surface area (Å²) in [5.41, 5.74) is 5.95. The zero-order valence-corrected chi connectivity index (χ0v) is 10.6. The number of anilines is 1. The molecule has 0 saturated heterocycles. The highest BCUT2D eigenvalue weighted by Crippen LogP contribution is 2.16. The highest BCUT2D eigenvalue weighted by atomic mass is 35.5. The molecule has 0 spiro atoms. The molecule has 0 saturated carbocycles. The van der Waals surface area contributed by atoms with Crippen molar-refractivity contribution in [3.05, 3.63) is 40.4 Å². The van der Waals surface area contributed by atoms with E-state index < -0.39 is 0 Å². The van der Waals surface area contributed by atoms with Crippen molar-refractivity contribution in [2.45, 2.75) is 0 Å². The molecule has 2 aromatic rings. The third-order valence-corrected chi connectivity index (χ3v) is 2.88. The quantitative estimate of drug-likeness (QED) is 0.530. The Kier molecular flexibility index (Phi) is 3.91. The lowest BCUT2D eigenvalue weighted by atomic mass is 10.3. The molecule has 5 nitrogen and oxygen atoms in total. The Hall–Kier alpha value is -1.92. The van der Waals surface area contributed by atoms with Gasteiger partial charge in [0.25, 0.3) is 0 Å². The summed E-state index contributed by atoms with van der Waals surface area (Å²) in [4.78, 5) is 19.9. The number of aromatic nitrogens is 1. The van der Waals surface area contributed by atoms with Crippen LogP contribution < -0.4 is 10.6 Å². The monoisotopic (exact) mass is 281 g/mol. The molecule has 1 aromatic heterocycles. The summed E-state index contributed by atoms with van der Waals surface area (Å²) in [5.74, 6) is 0.474. The van der Waals surface area contributed by atoms with Crippen LogP contribution in [0.15, 0.2) is 34.8 Å². The summed E-state index contributed by atoms with van der Waals surface area (Å²) < 4.78 is 0. The number of benzene rings is 1. The van der Waals surface area contributed by atoms with Crippen LogP contribution in [0.3, 0.4) is 0 Å². The molecule has 0 atom stereocenters. The molecule has 18 heavy (non-hydrogen) atoms. The summed E-state index contributed by atoms with van der Waals surface area (Å²) in [6.07, 6.45) is 0.560. The van der Waals surface area contributed by atoms with Gasteiger partial charge in [0, 0.05) is 10.4 Å². The first-order valence-electron chi connectivity index (χ1n) is 4.86. The number of hydrogen-bond donors (Lipinski definition) is 1. The van der Waals surface area contributed by atoms with E-state index in [1.165, 1.54) is 11.3 Å². The fourth-order valence-corrected chi connectivity index (χ4v) is 1.81. The third kappa shape index (κ3) is 3.06. The first-order valence-corrected chi connectivity index (χ1v) is 6.12. The van der Waals surface area contributed by atoms with Gasteiger partial charge >= 0.3 is 0 Å². The van der Waals surface area contributed by atoms with Gasteiger partial charge in [0.15, 0.2) is 22.9 Å². The maximum Gasteiger partial charge on any atom is 0.180 e. The molecule has 2 rings (SSSR count). The van der Waals surface area contributed by atoms with Crippen molar-refractivity contribution in [1.82, 2.24) is 4.98 Å². The van der Waals surface area contributed by atoms with E-state index in [0.29, 0.717) is 27.9 Å². The predicted octanol–water partition coefficient (Wildman–Crippen LogP) is 2.36. The molecule has 0 fully saturated rings. The van der Waals surface area contributed by atoms with Gasteiger partial charge in [0.05, 0.1) is 0 Å². The van der Waals surface area contributed by atoms with E-state index in [4.69, 9.17) is 22.2 Å². The summed E-state index contributed by atoms with van der Waals surface area (Å²) in [6, 6.07) is 6.61. The van der Waals surface area contributed by atoms with Crippen LogP contribution in [-0.4, -0.2) is 17.0 Å². The first-order chi connectivity index (χ1) is 8.69. The van der Waals surface area contributed by atoms with E-state index in [-0.39, 0.29) is 5.71 Å². The molecule has 0 aliphatic rings. The highest BCUT2D eigenvalue weighted by Gasteiger charge is 2.07. The van der Waals surface area contributed by atoms with E-state index in [0.717, 1.165) is 0 Å². The molecular weight excluding hydrogens is 274 g/mol. The number of carbonyl (C=O) groups excluding carboxylic acids is 1. The number of oxime groups is 1. The van der Waals surface area contributed by atoms with E-state index >= 15 is 0 Å². The van der Waals surface area contributed by atoms with Crippen LogP contribution in [0.2, 0.25) is 5.02 Å². The average Bonchev–Trinajstić information content (AvgIpc) is 2.79. The maximum absolute atomic E-state index is 10.9. The normalized spacial score (nSPS) is 11.3. The topological polar surface area (TPSA) is 77.6 Å². The number of nitrogens with two attached hydrogens (primary N) is 1. The van der Waals surface area contributed by atoms with Crippen LogP contribution in [0.1, 0.15) is 5.69 Å². The molecule has 0 radical (unpaired) electrons. The van der Waals surface area contributed by atoms with Crippen LogP contribution in [0.25, 0.3) is 0 Å². The van der Waals surface area contributed by atoms with Crippen LogP contribution in [-0.2, 0) is 4.79 Å². The van der Waals surface area contributed by atoms with Gasteiger partial charge in [0.1, 0.15) is 5.69 Å².